The molecule has 0 aliphatic carbocycles. The maximum Gasteiger partial charge on any atom is 0.222 e. The molecule has 0 aromatic heterocycles. The van der Waals surface area contributed by atoms with Crippen LogP contribution in [0.25, 0.3) is 11.1 Å². The number of hydrogen-bond acceptors (Lipinski definition) is 3. The summed E-state index contributed by atoms with van der Waals surface area (Å²) in [6.45, 7) is 3.43. The third kappa shape index (κ3) is 3.92. The van der Waals surface area contributed by atoms with E-state index in [0.29, 0.717) is 13.0 Å². The Labute approximate surface area is 164 Å². The summed E-state index contributed by atoms with van der Waals surface area (Å²) in [4.78, 5) is 25.4. The maximum absolute atomic E-state index is 13.5. The first-order chi connectivity index (χ1) is 13.5. The van der Waals surface area contributed by atoms with Gasteiger partial charge in [0.1, 0.15) is 5.82 Å². The van der Waals surface area contributed by atoms with Crippen molar-refractivity contribution in [2.75, 3.05) is 13.2 Å². The van der Waals surface area contributed by atoms with Gasteiger partial charge >= 0.3 is 0 Å². The molecule has 0 radical (unpaired) electrons. The molecule has 1 aliphatic rings. The summed E-state index contributed by atoms with van der Waals surface area (Å²) in [5, 5.41) is 12.7. The Morgan fingerprint density at radius 3 is 2.39 bits per heavy atom. The number of benzene rings is 2. The van der Waals surface area contributed by atoms with Crippen molar-refractivity contribution in [3.8, 4) is 11.1 Å². The Balaban J connectivity index is 1.86. The number of nitrogens with zero attached hydrogens (tertiary/aromatic N) is 1. The molecule has 2 aromatic rings. The number of carbonyl (C=O) groups is 2. The van der Waals surface area contributed by atoms with Crippen LogP contribution in [0.2, 0.25) is 0 Å². The monoisotopic (exact) mass is 384 g/mol. The van der Waals surface area contributed by atoms with Gasteiger partial charge in [0.05, 0.1) is 18.7 Å². The summed E-state index contributed by atoms with van der Waals surface area (Å²) in [5.41, 5.74) is 2.66. The Morgan fingerprint density at radius 2 is 1.82 bits per heavy atom. The Bertz CT molecular complexity index is 853. The first-order valence-corrected chi connectivity index (χ1v) is 9.48. The number of carbonyl (C=O) groups excluding carboxylic acids is 2. The van der Waals surface area contributed by atoms with Crippen LogP contribution in [-0.2, 0) is 9.59 Å². The van der Waals surface area contributed by atoms with Crippen LogP contribution in [0.5, 0.6) is 0 Å². The molecule has 28 heavy (non-hydrogen) atoms. The van der Waals surface area contributed by atoms with E-state index in [4.69, 9.17) is 0 Å². The molecular formula is C22H25FN2O3. The van der Waals surface area contributed by atoms with E-state index in [2.05, 4.69) is 5.32 Å². The van der Waals surface area contributed by atoms with Crippen LogP contribution >= 0.6 is 0 Å². The molecular weight excluding hydrogens is 359 g/mol. The Kier molecular flexibility index (Phi) is 6.09. The molecule has 1 saturated heterocycles. The predicted octanol–water partition coefficient (Wildman–Crippen LogP) is 2.69. The van der Waals surface area contributed by atoms with Gasteiger partial charge in [0.15, 0.2) is 0 Å². The molecule has 0 bridgehead atoms. The third-order valence-corrected chi connectivity index (χ3v) is 5.33. The highest BCUT2D eigenvalue weighted by atomic mass is 19.1. The number of aliphatic hydroxyl groups is 1. The summed E-state index contributed by atoms with van der Waals surface area (Å²) < 4.78 is 13.5. The lowest BCUT2D eigenvalue weighted by Crippen LogP contribution is -2.68. The van der Waals surface area contributed by atoms with Gasteiger partial charge in [0, 0.05) is 25.8 Å². The van der Waals surface area contributed by atoms with E-state index in [0.717, 1.165) is 16.7 Å². The average Bonchev–Trinajstić information content (AvgIpc) is 2.67. The standard InChI is InChI=1S/C22H25FN2O3/c1-3-21(28)25-19(12-24-14(2)27)22(20(25)13-26)16-9-7-15(8-10-16)17-5-4-6-18(23)11-17/h4-11,19-20,22,26H,3,12-13H2,1-2H3,(H,24,27)/t19-,20+,22+/m1/s1. The molecule has 2 aromatic carbocycles. The van der Waals surface area contributed by atoms with Crippen LogP contribution in [0.1, 0.15) is 31.7 Å². The van der Waals surface area contributed by atoms with E-state index in [1.54, 1.807) is 17.9 Å². The van der Waals surface area contributed by atoms with Gasteiger partial charge in [-0.2, -0.15) is 0 Å². The molecule has 1 aliphatic heterocycles. The van der Waals surface area contributed by atoms with Crippen molar-refractivity contribution in [2.45, 2.75) is 38.3 Å². The number of amides is 2. The molecule has 0 spiro atoms. The molecule has 3 rings (SSSR count). The smallest absolute Gasteiger partial charge is 0.222 e. The van der Waals surface area contributed by atoms with Gasteiger partial charge in [-0.25, -0.2) is 4.39 Å². The molecule has 0 saturated carbocycles. The Morgan fingerprint density at radius 1 is 1.11 bits per heavy atom. The van der Waals surface area contributed by atoms with Crippen LogP contribution in [-0.4, -0.2) is 47.1 Å². The first kappa shape index (κ1) is 20.0. The fourth-order valence-electron chi connectivity index (χ4n) is 3.98. The quantitative estimate of drug-likeness (QED) is 0.805. The highest BCUT2D eigenvalue weighted by Gasteiger charge is 2.50. The molecule has 3 atom stereocenters. The highest BCUT2D eigenvalue weighted by molar-refractivity contribution is 5.79. The summed E-state index contributed by atoms with van der Waals surface area (Å²) in [5.74, 6) is -0.558. The van der Waals surface area contributed by atoms with Crippen LogP contribution in [0.4, 0.5) is 4.39 Å². The zero-order valence-corrected chi connectivity index (χ0v) is 16.1. The topological polar surface area (TPSA) is 69.6 Å². The van der Waals surface area contributed by atoms with E-state index in [1.807, 2.05) is 30.3 Å². The number of hydrogen-bond donors (Lipinski definition) is 2. The largest absolute Gasteiger partial charge is 0.394 e. The minimum absolute atomic E-state index is 0.0398. The highest BCUT2D eigenvalue weighted by Crippen LogP contribution is 2.41. The van der Waals surface area contributed by atoms with Crippen LogP contribution in [0, 0.1) is 5.82 Å². The van der Waals surface area contributed by atoms with E-state index >= 15 is 0 Å². The molecule has 1 heterocycles. The molecule has 148 valence electrons. The van der Waals surface area contributed by atoms with Gasteiger partial charge in [-0.1, -0.05) is 43.3 Å². The van der Waals surface area contributed by atoms with Crippen molar-refractivity contribution in [2.24, 2.45) is 0 Å². The molecule has 6 heteroatoms. The van der Waals surface area contributed by atoms with Crippen molar-refractivity contribution in [3.63, 3.8) is 0 Å². The van der Waals surface area contributed by atoms with Crippen LogP contribution in [0.15, 0.2) is 48.5 Å². The van der Waals surface area contributed by atoms with Gasteiger partial charge in [0.2, 0.25) is 11.8 Å². The molecule has 0 unspecified atom stereocenters. The lowest BCUT2D eigenvalue weighted by atomic mass is 9.74. The van der Waals surface area contributed by atoms with E-state index in [-0.39, 0.29) is 42.2 Å². The second kappa shape index (κ2) is 8.52. The summed E-state index contributed by atoms with van der Waals surface area (Å²) >= 11 is 0. The van der Waals surface area contributed by atoms with Crippen LogP contribution in [0.3, 0.4) is 0 Å². The van der Waals surface area contributed by atoms with E-state index < -0.39 is 0 Å². The van der Waals surface area contributed by atoms with Gasteiger partial charge in [-0.3, -0.25) is 9.59 Å². The van der Waals surface area contributed by atoms with E-state index in [9.17, 15) is 19.1 Å². The zero-order chi connectivity index (χ0) is 20.3. The van der Waals surface area contributed by atoms with Crippen LogP contribution < -0.4 is 5.32 Å². The van der Waals surface area contributed by atoms with Crippen molar-refractivity contribution in [1.29, 1.82) is 0 Å². The number of rotatable bonds is 6. The number of nitrogens with one attached hydrogen (secondary N) is 1. The minimum Gasteiger partial charge on any atom is -0.394 e. The van der Waals surface area contributed by atoms with Crippen molar-refractivity contribution >= 4 is 11.8 Å². The predicted molar refractivity (Wildman–Crippen MR) is 105 cm³/mol. The molecule has 2 amide bonds. The molecule has 2 N–H and O–H groups in total. The number of likely N-dealkylation sites (tertiary alicyclic amines) is 1. The molecule has 1 fully saturated rings. The average molecular weight is 384 g/mol. The van der Waals surface area contributed by atoms with Crippen molar-refractivity contribution in [3.05, 3.63) is 59.9 Å². The normalized spacial score (nSPS) is 21.1. The fourth-order valence-corrected chi connectivity index (χ4v) is 3.98. The second-order valence-corrected chi connectivity index (χ2v) is 7.07. The first-order valence-electron chi connectivity index (χ1n) is 9.48. The summed E-state index contributed by atoms with van der Waals surface area (Å²) in [6, 6.07) is 13.6. The minimum atomic E-state index is -0.314. The van der Waals surface area contributed by atoms with Gasteiger partial charge in [-0.15, -0.1) is 0 Å². The number of halogens is 1. The summed E-state index contributed by atoms with van der Waals surface area (Å²) in [7, 11) is 0. The lowest BCUT2D eigenvalue weighted by Gasteiger charge is -2.55. The van der Waals surface area contributed by atoms with Crippen molar-refractivity contribution in [1.82, 2.24) is 10.2 Å². The Hall–Kier alpha value is -2.73. The van der Waals surface area contributed by atoms with Crippen molar-refractivity contribution < 1.29 is 19.1 Å². The zero-order valence-electron chi connectivity index (χ0n) is 16.1. The maximum atomic E-state index is 13.5. The fraction of sp³-hybridized carbons (Fsp3) is 0.364. The van der Waals surface area contributed by atoms with Gasteiger partial charge in [0.25, 0.3) is 0 Å². The number of aliphatic hydroxyl groups excluding tert-OH is 1. The second-order valence-electron chi connectivity index (χ2n) is 7.07. The van der Waals surface area contributed by atoms with Gasteiger partial charge in [-0.05, 0) is 28.8 Å². The SMILES string of the molecule is CCC(=O)N1[C@H](CNC(C)=O)[C@H](c2ccc(-c3cccc(F)c3)cc2)[C@@H]1CO. The summed E-state index contributed by atoms with van der Waals surface area (Å²) in [6.07, 6.45) is 0.346. The third-order valence-electron chi connectivity index (χ3n) is 5.33. The lowest BCUT2D eigenvalue weighted by molar-refractivity contribution is -0.150. The van der Waals surface area contributed by atoms with E-state index in [1.165, 1.54) is 19.1 Å². The van der Waals surface area contributed by atoms with Gasteiger partial charge < -0.3 is 15.3 Å². The molecule has 5 nitrogen and oxygen atoms in total.